The average molecular weight is 294 g/mol. The molecule has 0 spiro atoms. The second kappa shape index (κ2) is 7.43. The zero-order valence-electron chi connectivity index (χ0n) is 11.9. The highest BCUT2D eigenvalue weighted by Gasteiger charge is 2.15. The molecule has 1 heterocycles. The van der Waals surface area contributed by atoms with E-state index in [1.165, 1.54) is 25.0 Å². The number of nitrogens with one attached hydrogen (secondary N) is 1. The van der Waals surface area contributed by atoms with E-state index in [1.54, 1.807) is 19.1 Å². The molecule has 1 aromatic carbocycles. The van der Waals surface area contributed by atoms with Crippen LogP contribution in [0.3, 0.4) is 0 Å². The van der Waals surface area contributed by atoms with Crippen LogP contribution in [0, 0.1) is 0 Å². The van der Waals surface area contributed by atoms with Crippen LogP contribution >= 0.6 is 11.8 Å². The lowest BCUT2D eigenvalue weighted by Crippen LogP contribution is -2.20. The number of esters is 1. The van der Waals surface area contributed by atoms with Gasteiger partial charge in [-0.05, 0) is 43.7 Å². The molecule has 1 aliphatic rings. The Hall–Kier alpha value is -1.36. The quantitative estimate of drug-likeness (QED) is 0.645. The Morgan fingerprint density at radius 2 is 2.35 bits per heavy atom. The second-order valence-electron chi connectivity index (χ2n) is 4.89. The van der Waals surface area contributed by atoms with E-state index in [9.17, 15) is 4.79 Å². The summed E-state index contributed by atoms with van der Waals surface area (Å²) in [4.78, 5) is 11.8. The lowest BCUT2D eigenvalue weighted by atomic mass is 10.1. The maximum Gasteiger partial charge on any atom is 0.340 e. The van der Waals surface area contributed by atoms with Crippen molar-refractivity contribution in [1.82, 2.24) is 0 Å². The van der Waals surface area contributed by atoms with Crippen molar-refractivity contribution in [2.45, 2.75) is 31.4 Å². The molecule has 1 unspecified atom stereocenters. The molecule has 1 aromatic rings. The minimum atomic E-state index is -0.360. The van der Waals surface area contributed by atoms with Crippen molar-refractivity contribution in [2.24, 2.45) is 0 Å². The van der Waals surface area contributed by atoms with Gasteiger partial charge < -0.3 is 15.8 Å². The van der Waals surface area contributed by atoms with Crippen LogP contribution in [-0.4, -0.2) is 30.1 Å². The number of rotatable bonds is 5. The molecule has 0 saturated carbocycles. The first-order chi connectivity index (χ1) is 9.70. The fourth-order valence-corrected chi connectivity index (χ4v) is 3.49. The van der Waals surface area contributed by atoms with Gasteiger partial charge in [0.2, 0.25) is 0 Å². The molecule has 0 bridgehead atoms. The number of hydrogen-bond acceptors (Lipinski definition) is 5. The standard InChI is InChI=1S/C15H22N2O2S/c1-2-19-15(18)13-9-11(6-7-14(13)16)17-10-12-5-3-4-8-20-12/h6-7,9,12,17H,2-5,8,10,16H2,1H3. The van der Waals surface area contributed by atoms with Crippen LogP contribution in [0.4, 0.5) is 11.4 Å². The number of carbonyl (C=O) groups excluding carboxylic acids is 1. The molecule has 0 radical (unpaired) electrons. The van der Waals surface area contributed by atoms with Gasteiger partial charge in [0.25, 0.3) is 0 Å². The molecule has 5 heteroatoms. The maximum absolute atomic E-state index is 11.8. The highest BCUT2D eigenvalue weighted by Crippen LogP contribution is 2.26. The highest BCUT2D eigenvalue weighted by molar-refractivity contribution is 7.99. The number of ether oxygens (including phenoxy) is 1. The highest BCUT2D eigenvalue weighted by atomic mass is 32.2. The molecule has 1 atom stereocenters. The van der Waals surface area contributed by atoms with Crippen molar-refractivity contribution < 1.29 is 9.53 Å². The van der Waals surface area contributed by atoms with E-state index in [-0.39, 0.29) is 5.97 Å². The van der Waals surface area contributed by atoms with E-state index in [0.29, 0.717) is 23.1 Å². The fourth-order valence-electron chi connectivity index (χ4n) is 2.25. The molecule has 2 rings (SSSR count). The van der Waals surface area contributed by atoms with Gasteiger partial charge in [-0.3, -0.25) is 0 Å². The minimum absolute atomic E-state index is 0.356. The van der Waals surface area contributed by atoms with Crippen LogP contribution in [0.2, 0.25) is 0 Å². The van der Waals surface area contributed by atoms with E-state index in [1.807, 2.05) is 17.8 Å². The Labute approximate surface area is 124 Å². The van der Waals surface area contributed by atoms with Gasteiger partial charge in [0.1, 0.15) is 0 Å². The SMILES string of the molecule is CCOC(=O)c1cc(NCC2CCCCS2)ccc1N. The van der Waals surface area contributed by atoms with Gasteiger partial charge >= 0.3 is 5.97 Å². The first-order valence-corrected chi connectivity index (χ1v) is 8.17. The van der Waals surface area contributed by atoms with E-state index in [0.717, 1.165) is 12.2 Å². The Morgan fingerprint density at radius 3 is 3.05 bits per heavy atom. The Bertz CT molecular complexity index is 459. The molecule has 0 aromatic heterocycles. The molecular formula is C15H22N2O2S. The molecule has 1 saturated heterocycles. The molecule has 1 aliphatic heterocycles. The van der Waals surface area contributed by atoms with Crippen LogP contribution in [-0.2, 0) is 4.74 Å². The summed E-state index contributed by atoms with van der Waals surface area (Å²) in [6.45, 7) is 3.07. The molecule has 0 aliphatic carbocycles. The van der Waals surface area contributed by atoms with Gasteiger partial charge in [-0.25, -0.2) is 4.79 Å². The normalized spacial score (nSPS) is 18.6. The fraction of sp³-hybridized carbons (Fsp3) is 0.533. The van der Waals surface area contributed by atoms with Gasteiger partial charge in [0.15, 0.2) is 0 Å². The predicted octanol–water partition coefficient (Wildman–Crippen LogP) is 3.14. The zero-order valence-corrected chi connectivity index (χ0v) is 12.7. The summed E-state index contributed by atoms with van der Waals surface area (Å²) in [5.74, 6) is 0.892. The van der Waals surface area contributed by atoms with Crippen LogP contribution in [0.25, 0.3) is 0 Å². The third-order valence-corrected chi connectivity index (χ3v) is 4.75. The average Bonchev–Trinajstić information content (AvgIpc) is 2.47. The third kappa shape index (κ3) is 4.07. The van der Waals surface area contributed by atoms with Gasteiger partial charge in [-0.2, -0.15) is 11.8 Å². The number of carbonyl (C=O) groups is 1. The van der Waals surface area contributed by atoms with Gasteiger partial charge in [0.05, 0.1) is 12.2 Å². The number of benzene rings is 1. The van der Waals surface area contributed by atoms with Crippen LogP contribution in [0.1, 0.15) is 36.5 Å². The van der Waals surface area contributed by atoms with Crippen molar-refractivity contribution in [3.8, 4) is 0 Å². The third-order valence-electron chi connectivity index (χ3n) is 3.36. The summed E-state index contributed by atoms with van der Waals surface area (Å²) in [7, 11) is 0. The Morgan fingerprint density at radius 1 is 1.50 bits per heavy atom. The summed E-state index contributed by atoms with van der Waals surface area (Å²) in [5.41, 5.74) is 7.65. The summed E-state index contributed by atoms with van der Waals surface area (Å²) >= 11 is 2.03. The van der Waals surface area contributed by atoms with E-state index in [4.69, 9.17) is 10.5 Å². The second-order valence-corrected chi connectivity index (χ2v) is 6.30. The molecule has 0 amide bonds. The summed E-state index contributed by atoms with van der Waals surface area (Å²) in [6.07, 6.45) is 3.91. The van der Waals surface area contributed by atoms with E-state index < -0.39 is 0 Å². The lowest BCUT2D eigenvalue weighted by Gasteiger charge is -2.22. The molecule has 20 heavy (non-hydrogen) atoms. The Kier molecular flexibility index (Phi) is 5.59. The number of hydrogen-bond donors (Lipinski definition) is 2. The van der Waals surface area contributed by atoms with Crippen molar-refractivity contribution >= 4 is 29.1 Å². The summed E-state index contributed by atoms with van der Waals surface area (Å²) < 4.78 is 5.01. The first kappa shape index (κ1) is 15.0. The minimum Gasteiger partial charge on any atom is -0.462 e. The predicted molar refractivity (Wildman–Crippen MR) is 85.4 cm³/mol. The van der Waals surface area contributed by atoms with Crippen LogP contribution in [0.15, 0.2) is 18.2 Å². The lowest BCUT2D eigenvalue weighted by molar-refractivity contribution is 0.0527. The number of nitrogens with two attached hydrogens (primary N) is 1. The number of nitrogen functional groups attached to an aromatic ring is 1. The van der Waals surface area contributed by atoms with Crippen molar-refractivity contribution in [3.63, 3.8) is 0 Å². The maximum atomic E-state index is 11.8. The number of thioether (sulfide) groups is 1. The van der Waals surface area contributed by atoms with E-state index >= 15 is 0 Å². The molecule has 3 N–H and O–H groups in total. The topological polar surface area (TPSA) is 64.3 Å². The van der Waals surface area contributed by atoms with Crippen molar-refractivity contribution in [2.75, 3.05) is 30.0 Å². The summed E-state index contributed by atoms with van der Waals surface area (Å²) in [6, 6.07) is 5.44. The monoisotopic (exact) mass is 294 g/mol. The first-order valence-electron chi connectivity index (χ1n) is 7.13. The summed E-state index contributed by atoms with van der Waals surface area (Å²) in [5, 5.41) is 4.05. The zero-order chi connectivity index (χ0) is 14.4. The van der Waals surface area contributed by atoms with Crippen molar-refractivity contribution in [1.29, 1.82) is 0 Å². The van der Waals surface area contributed by atoms with Crippen LogP contribution in [0.5, 0.6) is 0 Å². The van der Waals surface area contributed by atoms with Gasteiger partial charge in [0, 0.05) is 23.2 Å². The smallest absolute Gasteiger partial charge is 0.340 e. The van der Waals surface area contributed by atoms with Crippen molar-refractivity contribution in [3.05, 3.63) is 23.8 Å². The van der Waals surface area contributed by atoms with Gasteiger partial charge in [-0.15, -0.1) is 0 Å². The molecule has 110 valence electrons. The van der Waals surface area contributed by atoms with E-state index in [2.05, 4.69) is 5.32 Å². The molecule has 1 fully saturated rings. The van der Waals surface area contributed by atoms with Crippen LogP contribution < -0.4 is 11.1 Å². The molecule has 4 nitrogen and oxygen atoms in total. The largest absolute Gasteiger partial charge is 0.462 e. The number of anilines is 2. The van der Waals surface area contributed by atoms with Gasteiger partial charge in [-0.1, -0.05) is 6.42 Å². The Balaban J connectivity index is 1.97. The molecular weight excluding hydrogens is 272 g/mol.